The summed E-state index contributed by atoms with van der Waals surface area (Å²) in [5.74, 6) is 1.99. The third-order valence-corrected chi connectivity index (χ3v) is 4.62. The van der Waals surface area contributed by atoms with Crippen LogP contribution in [0.3, 0.4) is 0 Å². The molecule has 29 heavy (non-hydrogen) atoms. The molecule has 2 aromatic rings. The molecule has 4 nitrogen and oxygen atoms in total. The van der Waals surface area contributed by atoms with Crippen LogP contribution in [0.25, 0.3) is 0 Å². The molecule has 0 aliphatic heterocycles. The van der Waals surface area contributed by atoms with Crippen LogP contribution in [0.5, 0.6) is 0 Å². The molecule has 152 valence electrons. The average molecular weight is 391 g/mol. The number of hydrazine groups is 1. The second kappa shape index (κ2) is 8.96. The fraction of sp³-hybridized carbons (Fsp3) is 0.360. The van der Waals surface area contributed by atoms with Crippen LogP contribution in [-0.4, -0.2) is 33.9 Å². The summed E-state index contributed by atoms with van der Waals surface area (Å²) in [5.41, 5.74) is 3.52. The Morgan fingerprint density at radius 1 is 0.931 bits per heavy atom. The standard InChI is InChI=1S/C25H30N2O2/c1-8-14-26(23(28)21-12-10-20(9-2)11-13-21)27(25(5,6)7)24(29)22-16-18(3)15-19(4)17-22/h1,10-13,15-17H,9,14H2,2-7H3. The summed E-state index contributed by atoms with van der Waals surface area (Å²) in [6, 6.07) is 13.1. The van der Waals surface area contributed by atoms with Gasteiger partial charge in [-0.05, 0) is 70.9 Å². The summed E-state index contributed by atoms with van der Waals surface area (Å²) in [5, 5.41) is 2.86. The highest BCUT2D eigenvalue weighted by Gasteiger charge is 2.35. The molecule has 0 spiro atoms. The lowest BCUT2D eigenvalue weighted by Crippen LogP contribution is -2.58. The average Bonchev–Trinajstić information content (AvgIpc) is 2.65. The Labute approximate surface area is 174 Å². The van der Waals surface area contributed by atoms with Crippen molar-refractivity contribution in [2.45, 2.75) is 53.5 Å². The minimum absolute atomic E-state index is 0.00215. The summed E-state index contributed by atoms with van der Waals surface area (Å²) >= 11 is 0. The Morgan fingerprint density at radius 3 is 1.93 bits per heavy atom. The van der Waals surface area contributed by atoms with Crippen molar-refractivity contribution in [2.24, 2.45) is 0 Å². The van der Waals surface area contributed by atoms with E-state index < -0.39 is 5.54 Å². The molecule has 0 aliphatic carbocycles. The molecular formula is C25H30N2O2. The quantitative estimate of drug-likeness (QED) is 0.556. The summed E-state index contributed by atoms with van der Waals surface area (Å²) in [7, 11) is 0. The van der Waals surface area contributed by atoms with E-state index in [-0.39, 0.29) is 18.4 Å². The summed E-state index contributed by atoms with van der Waals surface area (Å²) in [6.07, 6.45) is 6.47. The highest BCUT2D eigenvalue weighted by molar-refractivity contribution is 5.99. The Balaban J connectivity index is 2.51. The molecule has 0 fully saturated rings. The first kappa shape index (κ1) is 22.2. The predicted octanol–water partition coefficient (Wildman–Crippen LogP) is 4.80. The van der Waals surface area contributed by atoms with E-state index >= 15 is 0 Å². The normalized spacial score (nSPS) is 10.9. The monoisotopic (exact) mass is 390 g/mol. The van der Waals surface area contributed by atoms with Gasteiger partial charge in [0.1, 0.15) is 6.54 Å². The van der Waals surface area contributed by atoms with Gasteiger partial charge in [-0.1, -0.05) is 42.2 Å². The molecule has 2 aromatic carbocycles. The van der Waals surface area contributed by atoms with Gasteiger partial charge in [0.15, 0.2) is 0 Å². The number of aryl methyl sites for hydroxylation is 3. The number of hydrogen-bond donors (Lipinski definition) is 0. The van der Waals surface area contributed by atoms with E-state index in [0.717, 1.165) is 23.1 Å². The molecule has 0 radical (unpaired) electrons. The van der Waals surface area contributed by atoms with Crippen molar-refractivity contribution in [3.63, 3.8) is 0 Å². The highest BCUT2D eigenvalue weighted by Crippen LogP contribution is 2.23. The lowest BCUT2D eigenvalue weighted by molar-refractivity contribution is -0.0371. The fourth-order valence-electron chi connectivity index (χ4n) is 3.35. The van der Waals surface area contributed by atoms with Gasteiger partial charge in [0, 0.05) is 11.1 Å². The second-order valence-corrected chi connectivity index (χ2v) is 8.28. The SMILES string of the molecule is C#CCN(C(=O)c1ccc(CC)cc1)N(C(=O)c1cc(C)cc(C)c1)C(C)(C)C. The van der Waals surface area contributed by atoms with Crippen LogP contribution < -0.4 is 0 Å². The van der Waals surface area contributed by atoms with Crippen molar-refractivity contribution in [1.82, 2.24) is 10.0 Å². The maximum absolute atomic E-state index is 13.5. The van der Waals surface area contributed by atoms with E-state index in [1.54, 1.807) is 12.1 Å². The summed E-state index contributed by atoms with van der Waals surface area (Å²) < 4.78 is 0. The van der Waals surface area contributed by atoms with Gasteiger partial charge in [-0.2, -0.15) is 0 Å². The number of carbonyl (C=O) groups excluding carboxylic acids is 2. The van der Waals surface area contributed by atoms with Crippen LogP contribution in [-0.2, 0) is 6.42 Å². The molecule has 2 amide bonds. The zero-order valence-corrected chi connectivity index (χ0v) is 18.2. The van der Waals surface area contributed by atoms with Crippen molar-refractivity contribution < 1.29 is 9.59 Å². The van der Waals surface area contributed by atoms with Gasteiger partial charge >= 0.3 is 0 Å². The molecule has 0 aliphatic rings. The molecule has 2 rings (SSSR count). The lowest BCUT2D eigenvalue weighted by Gasteiger charge is -2.42. The number of nitrogens with zero attached hydrogens (tertiary/aromatic N) is 2. The Bertz CT molecular complexity index is 911. The third kappa shape index (κ3) is 5.26. The molecule has 0 saturated carbocycles. The maximum Gasteiger partial charge on any atom is 0.273 e. The molecular weight excluding hydrogens is 360 g/mol. The third-order valence-electron chi connectivity index (χ3n) is 4.62. The van der Waals surface area contributed by atoms with Crippen molar-refractivity contribution in [3.05, 3.63) is 70.3 Å². The topological polar surface area (TPSA) is 40.6 Å². The number of terminal acetylenes is 1. The van der Waals surface area contributed by atoms with Crippen molar-refractivity contribution in [2.75, 3.05) is 6.54 Å². The van der Waals surface area contributed by atoms with E-state index in [0.29, 0.717) is 11.1 Å². The van der Waals surface area contributed by atoms with Crippen LogP contribution in [0, 0.1) is 26.2 Å². The zero-order chi connectivity index (χ0) is 21.8. The van der Waals surface area contributed by atoms with Gasteiger partial charge in [-0.15, -0.1) is 6.42 Å². The maximum atomic E-state index is 13.5. The first-order chi connectivity index (χ1) is 13.6. The van der Waals surface area contributed by atoms with Crippen LogP contribution in [0.4, 0.5) is 0 Å². The zero-order valence-electron chi connectivity index (χ0n) is 18.2. The minimum atomic E-state index is -0.648. The van der Waals surface area contributed by atoms with E-state index in [1.807, 2.05) is 65.0 Å². The van der Waals surface area contributed by atoms with Gasteiger partial charge in [-0.25, -0.2) is 10.0 Å². The number of carbonyl (C=O) groups is 2. The van der Waals surface area contributed by atoms with Crippen LogP contribution >= 0.6 is 0 Å². The predicted molar refractivity (Wildman–Crippen MR) is 118 cm³/mol. The smallest absolute Gasteiger partial charge is 0.267 e. The van der Waals surface area contributed by atoms with E-state index in [4.69, 9.17) is 6.42 Å². The first-order valence-corrected chi connectivity index (χ1v) is 9.85. The van der Waals surface area contributed by atoms with Crippen molar-refractivity contribution >= 4 is 11.8 Å². The van der Waals surface area contributed by atoms with Gasteiger partial charge in [-0.3, -0.25) is 9.59 Å². The number of rotatable bonds is 4. The first-order valence-electron chi connectivity index (χ1n) is 9.85. The second-order valence-electron chi connectivity index (χ2n) is 8.28. The van der Waals surface area contributed by atoms with Gasteiger partial charge in [0.25, 0.3) is 11.8 Å². The summed E-state index contributed by atoms with van der Waals surface area (Å²) in [4.78, 5) is 26.8. The summed E-state index contributed by atoms with van der Waals surface area (Å²) in [6.45, 7) is 11.6. The minimum Gasteiger partial charge on any atom is -0.267 e. The van der Waals surface area contributed by atoms with Crippen molar-refractivity contribution in [1.29, 1.82) is 0 Å². The fourth-order valence-corrected chi connectivity index (χ4v) is 3.35. The van der Waals surface area contributed by atoms with Crippen molar-refractivity contribution in [3.8, 4) is 12.3 Å². The van der Waals surface area contributed by atoms with Crippen LogP contribution in [0.15, 0.2) is 42.5 Å². The van der Waals surface area contributed by atoms with Crippen LogP contribution in [0.2, 0.25) is 0 Å². The molecule has 0 N–H and O–H groups in total. The largest absolute Gasteiger partial charge is 0.273 e. The highest BCUT2D eigenvalue weighted by atomic mass is 16.2. The number of amides is 2. The van der Waals surface area contributed by atoms with E-state index in [9.17, 15) is 9.59 Å². The Morgan fingerprint density at radius 2 is 1.48 bits per heavy atom. The molecule has 0 unspecified atom stereocenters. The molecule has 4 heteroatoms. The number of hydrogen-bond acceptors (Lipinski definition) is 2. The Hall–Kier alpha value is -3.06. The number of benzene rings is 2. The molecule has 0 atom stereocenters. The van der Waals surface area contributed by atoms with Gasteiger partial charge < -0.3 is 0 Å². The molecule has 0 aromatic heterocycles. The molecule has 0 saturated heterocycles. The Kier molecular flexibility index (Phi) is 6.87. The van der Waals surface area contributed by atoms with E-state index in [2.05, 4.69) is 12.8 Å². The van der Waals surface area contributed by atoms with Gasteiger partial charge in [0.05, 0.1) is 5.54 Å². The van der Waals surface area contributed by atoms with E-state index in [1.165, 1.54) is 10.0 Å². The molecule has 0 bridgehead atoms. The van der Waals surface area contributed by atoms with Crippen LogP contribution in [0.1, 0.15) is 65.1 Å². The van der Waals surface area contributed by atoms with Gasteiger partial charge in [0.2, 0.25) is 0 Å². The lowest BCUT2D eigenvalue weighted by atomic mass is 10.0. The molecule has 0 heterocycles.